The molecule has 6 heteroatoms. The van der Waals surface area contributed by atoms with Crippen LogP contribution in [0, 0.1) is 0 Å². The van der Waals surface area contributed by atoms with Crippen LogP contribution in [0.15, 0.2) is 59.8 Å². The molecule has 0 spiro atoms. The van der Waals surface area contributed by atoms with Crippen molar-refractivity contribution >= 4 is 23.4 Å². The van der Waals surface area contributed by atoms with Crippen molar-refractivity contribution in [2.24, 2.45) is 0 Å². The third kappa shape index (κ3) is 3.39. The third-order valence-electron chi connectivity index (χ3n) is 4.85. The predicted octanol–water partition coefficient (Wildman–Crippen LogP) is 4.98. The number of hydrogen-bond acceptors (Lipinski definition) is 4. The average Bonchev–Trinajstić information content (AvgIpc) is 3.30. The summed E-state index contributed by atoms with van der Waals surface area (Å²) in [6.07, 6.45) is 4.29. The molecule has 134 valence electrons. The highest BCUT2D eigenvalue weighted by molar-refractivity contribution is 7.98. The minimum absolute atomic E-state index is 0.250. The standard InChI is InChI=1S/C20H21ClN4S/c1-26-20-23-22-19(25(20)16-9-3-2-4-10-16)18-12-7-13-24(18)14-15-8-5-6-11-17(15)21/h2-6,8-11,18H,7,12-14H2,1H3/t18-/m0/s1. The molecule has 0 amide bonds. The minimum atomic E-state index is 0.250. The number of aromatic nitrogens is 3. The molecule has 1 atom stereocenters. The highest BCUT2D eigenvalue weighted by Crippen LogP contribution is 2.35. The van der Waals surface area contributed by atoms with E-state index in [9.17, 15) is 0 Å². The quantitative estimate of drug-likeness (QED) is 0.581. The molecule has 1 saturated heterocycles. The topological polar surface area (TPSA) is 34.0 Å². The van der Waals surface area contributed by atoms with E-state index < -0.39 is 0 Å². The monoisotopic (exact) mass is 384 g/mol. The summed E-state index contributed by atoms with van der Waals surface area (Å²) in [5.41, 5.74) is 2.28. The van der Waals surface area contributed by atoms with Crippen LogP contribution in [0.1, 0.15) is 30.3 Å². The Morgan fingerprint density at radius 1 is 1.08 bits per heavy atom. The summed E-state index contributed by atoms with van der Waals surface area (Å²) in [7, 11) is 0. The molecule has 3 aromatic rings. The van der Waals surface area contributed by atoms with Gasteiger partial charge >= 0.3 is 0 Å². The molecule has 4 nitrogen and oxygen atoms in total. The maximum atomic E-state index is 6.39. The molecule has 0 saturated carbocycles. The van der Waals surface area contributed by atoms with Gasteiger partial charge in [-0.2, -0.15) is 0 Å². The van der Waals surface area contributed by atoms with Crippen LogP contribution in [0.25, 0.3) is 5.69 Å². The zero-order valence-electron chi connectivity index (χ0n) is 14.7. The predicted molar refractivity (Wildman–Crippen MR) is 107 cm³/mol. The number of para-hydroxylation sites is 1. The molecule has 26 heavy (non-hydrogen) atoms. The Bertz CT molecular complexity index is 881. The maximum Gasteiger partial charge on any atom is 0.195 e. The van der Waals surface area contributed by atoms with Crippen molar-refractivity contribution in [3.8, 4) is 5.69 Å². The largest absolute Gasteiger partial charge is 0.289 e. The van der Waals surface area contributed by atoms with Gasteiger partial charge < -0.3 is 0 Å². The van der Waals surface area contributed by atoms with E-state index in [4.69, 9.17) is 11.6 Å². The Morgan fingerprint density at radius 2 is 1.85 bits per heavy atom. The SMILES string of the molecule is CSc1nnc([C@@H]2CCCN2Cc2ccccc2Cl)n1-c1ccccc1. The van der Waals surface area contributed by atoms with Gasteiger partial charge in [-0.15, -0.1) is 10.2 Å². The second-order valence-electron chi connectivity index (χ2n) is 6.44. The highest BCUT2D eigenvalue weighted by Gasteiger charge is 2.31. The van der Waals surface area contributed by atoms with Crippen molar-refractivity contribution in [1.82, 2.24) is 19.7 Å². The van der Waals surface area contributed by atoms with E-state index in [0.717, 1.165) is 53.2 Å². The van der Waals surface area contributed by atoms with Gasteiger partial charge in [-0.1, -0.05) is 59.8 Å². The number of likely N-dealkylation sites (tertiary alicyclic amines) is 1. The van der Waals surface area contributed by atoms with Crippen molar-refractivity contribution in [3.05, 3.63) is 71.0 Å². The smallest absolute Gasteiger partial charge is 0.195 e. The van der Waals surface area contributed by atoms with Gasteiger partial charge in [-0.25, -0.2) is 0 Å². The molecular formula is C20H21ClN4S. The van der Waals surface area contributed by atoms with E-state index in [0.29, 0.717) is 0 Å². The lowest BCUT2D eigenvalue weighted by molar-refractivity contribution is 0.237. The lowest BCUT2D eigenvalue weighted by Gasteiger charge is -2.25. The highest BCUT2D eigenvalue weighted by atomic mass is 35.5. The van der Waals surface area contributed by atoms with Crippen molar-refractivity contribution in [1.29, 1.82) is 0 Å². The second kappa shape index (κ2) is 7.82. The minimum Gasteiger partial charge on any atom is -0.289 e. The van der Waals surface area contributed by atoms with Gasteiger partial charge in [0, 0.05) is 17.3 Å². The van der Waals surface area contributed by atoms with E-state index in [1.807, 2.05) is 30.5 Å². The van der Waals surface area contributed by atoms with Gasteiger partial charge in [0.1, 0.15) is 0 Å². The average molecular weight is 385 g/mol. The van der Waals surface area contributed by atoms with Crippen LogP contribution < -0.4 is 0 Å². The summed E-state index contributed by atoms with van der Waals surface area (Å²) in [6, 6.07) is 18.7. The zero-order valence-corrected chi connectivity index (χ0v) is 16.2. The molecule has 2 heterocycles. The molecule has 1 aromatic heterocycles. The van der Waals surface area contributed by atoms with E-state index in [-0.39, 0.29) is 6.04 Å². The van der Waals surface area contributed by atoms with Crippen LogP contribution in [0.2, 0.25) is 5.02 Å². The first kappa shape index (κ1) is 17.6. The molecule has 2 aromatic carbocycles. The van der Waals surface area contributed by atoms with Crippen molar-refractivity contribution < 1.29 is 0 Å². The van der Waals surface area contributed by atoms with Gasteiger partial charge in [0.25, 0.3) is 0 Å². The Hall–Kier alpha value is -1.82. The third-order valence-corrected chi connectivity index (χ3v) is 5.85. The first-order valence-electron chi connectivity index (χ1n) is 8.80. The Morgan fingerprint density at radius 3 is 2.62 bits per heavy atom. The van der Waals surface area contributed by atoms with E-state index in [1.54, 1.807) is 11.8 Å². The molecule has 0 radical (unpaired) electrons. The van der Waals surface area contributed by atoms with Crippen molar-refractivity contribution in [3.63, 3.8) is 0 Å². The van der Waals surface area contributed by atoms with Gasteiger partial charge in [0.05, 0.1) is 6.04 Å². The summed E-state index contributed by atoms with van der Waals surface area (Å²) in [6.45, 7) is 1.88. The van der Waals surface area contributed by atoms with Gasteiger partial charge in [0.15, 0.2) is 11.0 Å². The molecular weight excluding hydrogens is 364 g/mol. The summed E-state index contributed by atoms with van der Waals surface area (Å²) in [5.74, 6) is 1.02. The summed E-state index contributed by atoms with van der Waals surface area (Å²) in [4.78, 5) is 2.47. The van der Waals surface area contributed by atoms with Crippen molar-refractivity contribution in [2.75, 3.05) is 12.8 Å². The van der Waals surface area contributed by atoms with Crippen LogP contribution in [0.3, 0.4) is 0 Å². The molecule has 0 unspecified atom stereocenters. The first-order chi connectivity index (χ1) is 12.8. The van der Waals surface area contributed by atoms with Gasteiger partial charge in [-0.3, -0.25) is 9.47 Å². The number of hydrogen-bond donors (Lipinski definition) is 0. The normalized spacial score (nSPS) is 17.7. The number of benzene rings is 2. The fraction of sp³-hybridized carbons (Fsp3) is 0.300. The molecule has 0 N–H and O–H groups in total. The number of nitrogens with zero attached hydrogens (tertiary/aromatic N) is 4. The van der Waals surface area contributed by atoms with Gasteiger partial charge in [-0.05, 0) is 49.4 Å². The zero-order chi connectivity index (χ0) is 17.9. The summed E-state index contributed by atoms with van der Waals surface area (Å²) >= 11 is 8.01. The molecule has 4 rings (SSSR count). The number of thioether (sulfide) groups is 1. The van der Waals surface area contributed by atoms with Crippen LogP contribution >= 0.6 is 23.4 Å². The second-order valence-corrected chi connectivity index (χ2v) is 7.62. The summed E-state index contributed by atoms with van der Waals surface area (Å²) in [5, 5.41) is 10.8. The van der Waals surface area contributed by atoms with Crippen LogP contribution in [-0.4, -0.2) is 32.5 Å². The molecule has 1 aliphatic rings. The Kier molecular flexibility index (Phi) is 5.29. The van der Waals surface area contributed by atoms with E-state index in [2.05, 4.69) is 50.0 Å². The Balaban J connectivity index is 1.69. The van der Waals surface area contributed by atoms with Crippen LogP contribution in [-0.2, 0) is 6.54 Å². The van der Waals surface area contributed by atoms with Crippen LogP contribution in [0.5, 0.6) is 0 Å². The lowest BCUT2D eigenvalue weighted by atomic mass is 10.1. The number of rotatable bonds is 5. The molecule has 1 fully saturated rings. The molecule has 1 aliphatic heterocycles. The van der Waals surface area contributed by atoms with E-state index in [1.165, 1.54) is 0 Å². The molecule has 0 aliphatic carbocycles. The Labute approximate surface area is 163 Å². The number of halogens is 1. The fourth-order valence-electron chi connectivity index (χ4n) is 3.60. The van der Waals surface area contributed by atoms with Crippen molar-refractivity contribution in [2.45, 2.75) is 30.6 Å². The lowest BCUT2D eigenvalue weighted by Crippen LogP contribution is -2.25. The first-order valence-corrected chi connectivity index (χ1v) is 10.4. The van der Waals surface area contributed by atoms with Crippen LogP contribution in [0.4, 0.5) is 0 Å². The van der Waals surface area contributed by atoms with E-state index >= 15 is 0 Å². The van der Waals surface area contributed by atoms with Gasteiger partial charge in [0.2, 0.25) is 0 Å². The fourth-order valence-corrected chi connectivity index (χ4v) is 4.30. The maximum absolute atomic E-state index is 6.39. The molecule has 0 bridgehead atoms. The summed E-state index contributed by atoms with van der Waals surface area (Å²) < 4.78 is 2.19.